The van der Waals surface area contributed by atoms with E-state index in [2.05, 4.69) is 16.4 Å². The van der Waals surface area contributed by atoms with Gasteiger partial charge >= 0.3 is 0 Å². The van der Waals surface area contributed by atoms with Gasteiger partial charge in [-0.3, -0.25) is 9.59 Å². The summed E-state index contributed by atoms with van der Waals surface area (Å²) >= 11 is 0. The number of H-pyrrole nitrogens is 1. The lowest BCUT2D eigenvalue weighted by Crippen LogP contribution is -2.23. The number of hydrogen-bond acceptors (Lipinski definition) is 3. The van der Waals surface area contributed by atoms with Crippen LogP contribution in [0.1, 0.15) is 59.5 Å². The number of nitrogens with zero attached hydrogens (tertiary/aromatic N) is 1. The Labute approximate surface area is 157 Å². The van der Waals surface area contributed by atoms with Crippen LogP contribution < -0.4 is 10.9 Å². The van der Waals surface area contributed by atoms with Crippen LogP contribution in [-0.2, 0) is 4.79 Å². The summed E-state index contributed by atoms with van der Waals surface area (Å²) in [4.78, 5) is 27.1. The largest absolute Gasteiger partial charge is 0.350 e. The number of pyridine rings is 1. The second-order valence-corrected chi connectivity index (χ2v) is 7.37. The summed E-state index contributed by atoms with van der Waals surface area (Å²) in [6.07, 6.45) is 5.41. The Morgan fingerprint density at radius 1 is 1.19 bits per heavy atom. The smallest absolute Gasteiger partial charge is 0.251 e. The fraction of sp³-hybridized carbons (Fsp3) is 0.318. The van der Waals surface area contributed by atoms with Crippen LogP contribution in [0.4, 0.5) is 0 Å². The van der Waals surface area contributed by atoms with Crippen molar-refractivity contribution in [1.82, 2.24) is 10.3 Å². The quantitative estimate of drug-likeness (QED) is 0.879. The average molecular weight is 359 g/mol. The zero-order valence-electron chi connectivity index (χ0n) is 15.2. The maximum absolute atomic E-state index is 12.5. The molecule has 1 aliphatic carbocycles. The minimum Gasteiger partial charge on any atom is -0.350 e. The van der Waals surface area contributed by atoms with Gasteiger partial charge in [-0.1, -0.05) is 24.3 Å². The summed E-state index contributed by atoms with van der Waals surface area (Å²) in [5.41, 5.74) is 4.84. The van der Waals surface area contributed by atoms with Crippen LogP contribution in [-0.4, -0.2) is 16.9 Å². The van der Waals surface area contributed by atoms with Crippen molar-refractivity contribution < 1.29 is 4.79 Å². The Morgan fingerprint density at radius 2 is 2.00 bits per heavy atom. The topological polar surface area (TPSA) is 85.8 Å². The van der Waals surface area contributed by atoms with Gasteiger partial charge in [-0.15, -0.1) is 0 Å². The molecule has 1 saturated heterocycles. The molecule has 2 aliphatic rings. The molecule has 1 aromatic heterocycles. The van der Waals surface area contributed by atoms with E-state index >= 15 is 0 Å². The first-order valence-corrected chi connectivity index (χ1v) is 9.31. The first kappa shape index (κ1) is 17.3. The summed E-state index contributed by atoms with van der Waals surface area (Å²) in [5, 5.41) is 12.1. The Balaban J connectivity index is 1.78. The number of amides is 1. The Bertz CT molecular complexity index is 1040. The molecule has 2 aromatic rings. The average Bonchev–Trinajstić information content (AvgIpc) is 3.41. The van der Waals surface area contributed by atoms with E-state index in [-0.39, 0.29) is 17.5 Å². The van der Waals surface area contributed by atoms with Gasteiger partial charge in [-0.05, 0) is 55.4 Å². The summed E-state index contributed by atoms with van der Waals surface area (Å²) in [7, 11) is 0. The van der Waals surface area contributed by atoms with Crippen molar-refractivity contribution in [3.63, 3.8) is 0 Å². The normalized spacial score (nSPS) is 19.6. The third-order valence-corrected chi connectivity index (χ3v) is 5.30. The highest BCUT2D eigenvalue weighted by molar-refractivity contribution is 5.82. The van der Waals surface area contributed by atoms with E-state index in [4.69, 9.17) is 0 Å². The van der Waals surface area contributed by atoms with E-state index in [0.29, 0.717) is 17.9 Å². The predicted molar refractivity (Wildman–Crippen MR) is 103 cm³/mol. The zero-order chi connectivity index (χ0) is 19.0. The summed E-state index contributed by atoms with van der Waals surface area (Å²) in [6, 6.07) is 11.6. The van der Waals surface area contributed by atoms with E-state index in [9.17, 15) is 14.9 Å². The maximum atomic E-state index is 12.5. The molecule has 2 heterocycles. The van der Waals surface area contributed by atoms with Crippen LogP contribution in [0.15, 0.2) is 41.2 Å². The third-order valence-electron chi connectivity index (χ3n) is 5.30. The minimum absolute atomic E-state index is 0.0401. The van der Waals surface area contributed by atoms with Gasteiger partial charge in [0.15, 0.2) is 0 Å². The van der Waals surface area contributed by atoms with Gasteiger partial charge in [0, 0.05) is 29.3 Å². The molecule has 2 fully saturated rings. The molecule has 1 amide bonds. The van der Waals surface area contributed by atoms with Crippen LogP contribution in [0, 0.1) is 18.3 Å². The standard InChI is InChI=1S/C22H21N3O2/c1-13-10-15(4-5-16(13)12-23)19(11-17-6-9-21(26)24-17)20-8-7-18(14-2-3-14)22(27)25-20/h4-5,7-8,10-11,14,17H,2-3,6,9H2,1H3,(H,24,26)(H,25,27)/t17-/m1/s1. The molecule has 1 aromatic carbocycles. The van der Waals surface area contributed by atoms with E-state index in [1.54, 1.807) is 6.07 Å². The second-order valence-electron chi connectivity index (χ2n) is 7.37. The van der Waals surface area contributed by atoms with Gasteiger partial charge in [0.2, 0.25) is 5.91 Å². The number of aromatic amines is 1. The molecular weight excluding hydrogens is 338 g/mol. The monoisotopic (exact) mass is 359 g/mol. The minimum atomic E-state index is -0.0601. The highest BCUT2D eigenvalue weighted by atomic mass is 16.2. The number of carbonyl (C=O) groups excluding carboxylic acids is 1. The fourth-order valence-corrected chi connectivity index (χ4v) is 3.62. The van der Waals surface area contributed by atoms with Crippen LogP contribution in [0.2, 0.25) is 0 Å². The molecule has 1 saturated carbocycles. The molecule has 136 valence electrons. The van der Waals surface area contributed by atoms with Gasteiger partial charge in [0.1, 0.15) is 0 Å². The number of hydrogen-bond donors (Lipinski definition) is 2. The molecule has 5 nitrogen and oxygen atoms in total. The van der Waals surface area contributed by atoms with Crippen molar-refractivity contribution in [1.29, 1.82) is 5.26 Å². The summed E-state index contributed by atoms with van der Waals surface area (Å²) < 4.78 is 0. The van der Waals surface area contributed by atoms with Gasteiger partial charge < -0.3 is 10.3 Å². The Morgan fingerprint density at radius 3 is 2.59 bits per heavy atom. The van der Waals surface area contributed by atoms with Crippen LogP contribution >= 0.6 is 0 Å². The summed E-state index contributed by atoms with van der Waals surface area (Å²) in [6.45, 7) is 1.90. The molecule has 27 heavy (non-hydrogen) atoms. The molecule has 0 unspecified atom stereocenters. The number of nitriles is 1. The Hall–Kier alpha value is -3.13. The van der Waals surface area contributed by atoms with Crippen LogP contribution in [0.3, 0.4) is 0 Å². The van der Waals surface area contributed by atoms with Crippen molar-refractivity contribution in [2.45, 2.75) is 44.6 Å². The number of benzene rings is 1. The van der Waals surface area contributed by atoms with E-state index in [1.165, 1.54) is 0 Å². The second kappa shape index (κ2) is 6.88. The van der Waals surface area contributed by atoms with Crippen molar-refractivity contribution in [3.05, 3.63) is 74.7 Å². The first-order valence-electron chi connectivity index (χ1n) is 9.31. The fourth-order valence-electron chi connectivity index (χ4n) is 3.62. The Kier molecular flexibility index (Phi) is 4.41. The molecule has 5 heteroatoms. The number of rotatable bonds is 4. The highest BCUT2D eigenvalue weighted by Crippen LogP contribution is 2.38. The van der Waals surface area contributed by atoms with Crippen molar-refractivity contribution in [2.75, 3.05) is 0 Å². The van der Waals surface area contributed by atoms with Crippen molar-refractivity contribution >= 4 is 11.5 Å². The molecule has 4 rings (SSSR count). The lowest BCUT2D eigenvalue weighted by Gasteiger charge is -2.14. The maximum Gasteiger partial charge on any atom is 0.251 e. The van der Waals surface area contributed by atoms with E-state index in [0.717, 1.165) is 47.2 Å². The van der Waals surface area contributed by atoms with Crippen LogP contribution in [0.25, 0.3) is 5.57 Å². The van der Waals surface area contributed by atoms with Gasteiger partial charge in [0.05, 0.1) is 11.6 Å². The number of aromatic nitrogens is 1. The lowest BCUT2D eigenvalue weighted by molar-refractivity contribution is -0.119. The third kappa shape index (κ3) is 3.56. The van der Waals surface area contributed by atoms with Crippen molar-refractivity contribution in [3.8, 4) is 6.07 Å². The number of nitrogens with one attached hydrogen (secondary N) is 2. The lowest BCUT2D eigenvalue weighted by atomic mass is 9.95. The van der Waals surface area contributed by atoms with Gasteiger partial charge in [0.25, 0.3) is 5.56 Å². The molecule has 0 spiro atoms. The zero-order valence-corrected chi connectivity index (χ0v) is 15.2. The SMILES string of the molecule is Cc1cc(C(=C[C@H]2CCC(=O)N2)c2ccc(C3CC3)c(=O)[nH]2)ccc1C#N. The van der Waals surface area contributed by atoms with Gasteiger partial charge in [-0.25, -0.2) is 0 Å². The molecule has 1 aliphatic heterocycles. The van der Waals surface area contributed by atoms with Crippen LogP contribution in [0.5, 0.6) is 0 Å². The van der Waals surface area contributed by atoms with Crippen molar-refractivity contribution in [2.24, 2.45) is 0 Å². The number of carbonyl (C=O) groups is 1. The highest BCUT2D eigenvalue weighted by Gasteiger charge is 2.26. The van der Waals surface area contributed by atoms with E-state index in [1.807, 2.05) is 37.3 Å². The predicted octanol–water partition coefficient (Wildman–Crippen LogP) is 3.14. The molecule has 0 radical (unpaired) electrons. The summed E-state index contributed by atoms with van der Waals surface area (Å²) in [5.74, 6) is 0.436. The molecule has 1 atom stereocenters. The first-order chi connectivity index (χ1) is 13.0. The number of aryl methyl sites for hydroxylation is 1. The van der Waals surface area contributed by atoms with E-state index < -0.39 is 0 Å². The molecular formula is C22H21N3O2. The molecule has 0 bridgehead atoms. The molecule has 2 N–H and O–H groups in total. The van der Waals surface area contributed by atoms with Gasteiger partial charge in [-0.2, -0.15) is 5.26 Å².